The third kappa shape index (κ3) is 3.75. The van der Waals surface area contributed by atoms with Crippen molar-refractivity contribution in [3.63, 3.8) is 0 Å². The topological polar surface area (TPSA) is 116 Å². The highest BCUT2D eigenvalue weighted by molar-refractivity contribution is 9.10. The third-order valence-corrected chi connectivity index (χ3v) is 4.65. The van der Waals surface area contributed by atoms with Crippen molar-refractivity contribution in [2.24, 2.45) is 0 Å². The number of aromatic nitrogens is 1. The molecule has 2 aromatic carbocycles. The molecule has 0 radical (unpaired) electrons. The van der Waals surface area contributed by atoms with Crippen LogP contribution >= 0.6 is 15.9 Å². The summed E-state index contributed by atoms with van der Waals surface area (Å²) >= 11 is 3.39. The number of nitrogens with one attached hydrogen (secondary N) is 1. The number of benzene rings is 2. The van der Waals surface area contributed by atoms with E-state index in [9.17, 15) is 15.3 Å². The second-order valence-corrected chi connectivity index (χ2v) is 7.05. The summed E-state index contributed by atoms with van der Waals surface area (Å²) in [7, 11) is 0. The number of hydrogen-bond donors (Lipinski definition) is 2. The Morgan fingerprint density at radius 1 is 1.14 bits per heavy atom. The summed E-state index contributed by atoms with van der Waals surface area (Å²) < 4.78 is 6.68. The summed E-state index contributed by atoms with van der Waals surface area (Å²) in [6.45, 7) is 2.28. The Balaban J connectivity index is 2.16. The molecule has 3 rings (SSSR count). The molecule has 0 amide bonds. The normalized spacial score (nSPS) is 10.1. The van der Waals surface area contributed by atoms with Crippen LogP contribution in [0.15, 0.2) is 51.7 Å². The van der Waals surface area contributed by atoms with Gasteiger partial charge >= 0.3 is 0 Å². The summed E-state index contributed by atoms with van der Waals surface area (Å²) in [4.78, 5) is 14.6. The molecule has 1 heterocycles. The summed E-state index contributed by atoms with van der Waals surface area (Å²) in [5.74, 6) is 0.341. The number of H-pyrrole nitrogens is 1. The summed E-state index contributed by atoms with van der Waals surface area (Å²) in [5.41, 5.74) is 7.68. The maximum atomic E-state index is 12.2. The van der Waals surface area contributed by atoms with Crippen molar-refractivity contribution in [2.45, 2.75) is 13.5 Å². The van der Waals surface area contributed by atoms with Gasteiger partial charge in [-0.3, -0.25) is 4.79 Å². The SMILES string of the molecule is Cc1cccc(COc2ccc(Br)cc2-c2c(C#N)c(N)[nH]c(=O)c2C#N)c1. The third-order valence-electron chi connectivity index (χ3n) is 4.16. The van der Waals surface area contributed by atoms with Crippen molar-refractivity contribution in [3.8, 4) is 29.0 Å². The van der Waals surface area contributed by atoms with E-state index in [-0.39, 0.29) is 22.5 Å². The van der Waals surface area contributed by atoms with Crippen molar-refractivity contribution < 1.29 is 4.74 Å². The number of ether oxygens (including phenoxy) is 1. The highest BCUT2D eigenvalue weighted by atomic mass is 79.9. The Labute approximate surface area is 169 Å². The molecule has 0 bridgehead atoms. The minimum Gasteiger partial charge on any atom is -0.488 e. The molecule has 138 valence electrons. The highest BCUT2D eigenvalue weighted by Crippen LogP contribution is 2.37. The zero-order valence-electron chi connectivity index (χ0n) is 14.9. The maximum Gasteiger partial charge on any atom is 0.268 e. The van der Waals surface area contributed by atoms with Gasteiger partial charge in [0.05, 0.1) is 0 Å². The lowest BCUT2D eigenvalue weighted by Crippen LogP contribution is -2.16. The standard InChI is InChI=1S/C21H15BrN4O2/c1-12-3-2-4-13(7-12)11-28-18-6-5-14(22)8-15(18)19-16(9-23)20(25)26-21(27)17(19)10-24/h2-8H,11H2,1H3,(H3,25,26,27). The predicted molar refractivity (Wildman–Crippen MR) is 110 cm³/mol. The van der Waals surface area contributed by atoms with Crippen molar-refractivity contribution in [1.29, 1.82) is 10.5 Å². The number of rotatable bonds is 4. The number of pyridine rings is 1. The van der Waals surface area contributed by atoms with E-state index in [1.165, 1.54) is 0 Å². The minimum atomic E-state index is -0.654. The summed E-state index contributed by atoms with van der Waals surface area (Å²) in [6, 6.07) is 16.9. The maximum absolute atomic E-state index is 12.2. The van der Waals surface area contributed by atoms with E-state index in [4.69, 9.17) is 10.5 Å². The van der Waals surface area contributed by atoms with Crippen molar-refractivity contribution in [2.75, 3.05) is 5.73 Å². The summed E-state index contributed by atoms with van der Waals surface area (Å²) in [5, 5.41) is 19.1. The average Bonchev–Trinajstić information content (AvgIpc) is 2.66. The molecule has 3 aromatic rings. The lowest BCUT2D eigenvalue weighted by atomic mass is 9.96. The Hall–Kier alpha value is -3.55. The van der Waals surface area contributed by atoms with E-state index in [1.54, 1.807) is 18.2 Å². The smallest absolute Gasteiger partial charge is 0.268 e. The quantitative estimate of drug-likeness (QED) is 0.642. The first-order valence-electron chi connectivity index (χ1n) is 8.28. The van der Waals surface area contributed by atoms with Gasteiger partial charge in [0.25, 0.3) is 5.56 Å². The second kappa shape index (κ2) is 7.99. The van der Waals surface area contributed by atoms with Gasteiger partial charge in [-0.1, -0.05) is 45.8 Å². The van der Waals surface area contributed by atoms with E-state index in [0.717, 1.165) is 11.1 Å². The highest BCUT2D eigenvalue weighted by Gasteiger charge is 2.21. The molecular weight excluding hydrogens is 420 g/mol. The monoisotopic (exact) mass is 434 g/mol. The zero-order chi connectivity index (χ0) is 20.3. The number of halogens is 1. The minimum absolute atomic E-state index is 0.0228. The zero-order valence-corrected chi connectivity index (χ0v) is 16.5. The van der Waals surface area contributed by atoms with Gasteiger partial charge in [0.15, 0.2) is 0 Å². The van der Waals surface area contributed by atoms with Gasteiger partial charge < -0.3 is 15.5 Å². The van der Waals surface area contributed by atoms with Crippen molar-refractivity contribution >= 4 is 21.7 Å². The average molecular weight is 435 g/mol. The Morgan fingerprint density at radius 3 is 2.57 bits per heavy atom. The molecule has 28 heavy (non-hydrogen) atoms. The van der Waals surface area contributed by atoms with Crippen molar-refractivity contribution in [1.82, 2.24) is 4.98 Å². The molecule has 3 N–H and O–H groups in total. The number of aryl methyl sites for hydroxylation is 1. The first-order valence-corrected chi connectivity index (χ1v) is 9.08. The molecule has 6 nitrogen and oxygen atoms in total. The number of aromatic amines is 1. The van der Waals surface area contributed by atoms with Gasteiger partial charge in [0.1, 0.15) is 41.4 Å². The van der Waals surface area contributed by atoms with Crippen LogP contribution in [0, 0.1) is 29.6 Å². The van der Waals surface area contributed by atoms with Gasteiger partial charge in [0, 0.05) is 15.6 Å². The molecule has 1 aromatic heterocycles. The van der Waals surface area contributed by atoms with Crippen LogP contribution < -0.4 is 16.0 Å². The number of nitrogens with two attached hydrogens (primary N) is 1. The molecular formula is C21H15BrN4O2. The fraction of sp³-hybridized carbons (Fsp3) is 0.0952. The van der Waals surface area contributed by atoms with Gasteiger partial charge in [0.2, 0.25) is 0 Å². The van der Waals surface area contributed by atoms with Crippen LogP contribution in [-0.2, 0) is 6.61 Å². The Kier molecular flexibility index (Phi) is 5.49. The van der Waals surface area contributed by atoms with Gasteiger partial charge in [-0.2, -0.15) is 10.5 Å². The van der Waals surface area contributed by atoms with E-state index in [2.05, 4.69) is 20.9 Å². The largest absolute Gasteiger partial charge is 0.488 e. The fourth-order valence-corrected chi connectivity index (χ4v) is 3.26. The first kappa shape index (κ1) is 19.2. The van der Waals surface area contributed by atoms with E-state index >= 15 is 0 Å². The molecule has 7 heteroatoms. The number of nitriles is 2. The molecule has 0 saturated carbocycles. The number of nitrogens with zero attached hydrogens (tertiary/aromatic N) is 2. The molecule has 0 unspecified atom stereocenters. The molecule has 0 aliphatic rings. The van der Waals surface area contributed by atoms with Crippen molar-refractivity contribution in [3.05, 3.63) is 79.5 Å². The van der Waals surface area contributed by atoms with Crippen LogP contribution in [0.2, 0.25) is 0 Å². The fourth-order valence-electron chi connectivity index (χ4n) is 2.90. The van der Waals surface area contributed by atoms with E-state index in [0.29, 0.717) is 22.4 Å². The molecule has 0 aliphatic carbocycles. The van der Waals surface area contributed by atoms with Crippen LogP contribution in [0.25, 0.3) is 11.1 Å². The molecule has 0 atom stereocenters. The number of hydrogen-bond acceptors (Lipinski definition) is 5. The molecule has 0 spiro atoms. The summed E-state index contributed by atoms with van der Waals surface area (Å²) in [6.07, 6.45) is 0. The lowest BCUT2D eigenvalue weighted by Gasteiger charge is -2.15. The number of anilines is 1. The first-order chi connectivity index (χ1) is 13.4. The predicted octanol–water partition coefficient (Wildman–Crippen LogP) is 4.02. The van der Waals surface area contributed by atoms with Crippen LogP contribution in [-0.4, -0.2) is 4.98 Å². The van der Waals surface area contributed by atoms with Gasteiger partial charge in [-0.05, 0) is 30.7 Å². The molecule has 0 fully saturated rings. The van der Waals surface area contributed by atoms with E-state index < -0.39 is 5.56 Å². The van der Waals surface area contributed by atoms with E-state index in [1.807, 2.05) is 43.3 Å². The van der Waals surface area contributed by atoms with Crippen LogP contribution in [0.1, 0.15) is 22.3 Å². The van der Waals surface area contributed by atoms with Gasteiger partial charge in [-0.15, -0.1) is 0 Å². The second-order valence-electron chi connectivity index (χ2n) is 6.13. The van der Waals surface area contributed by atoms with Gasteiger partial charge in [-0.25, -0.2) is 0 Å². The Morgan fingerprint density at radius 2 is 1.89 bits per heavy atom. The molecule has 0 aliphatic heterocycles. The Bertz CT molecular complexity index is 1200. The van der Waals surface area contributed by atoms with Crippen LogP contribution in [0.5, 0.6) is 5.75 Å². The number of nitrogen functional groups attached to an aromatic ring is 1. The lowest BCUT2D eigenvalue weighted by molar-refractivity contribution is 0.307. The van der Waals surface area contributed by atoms with Crippen LogP contribution in [0.3, 0.4) is 0 Å². The van der Waals surface area contributed by atoms with Crippen LogP contribution in [0.4, 0.5) is 5.82 Å². The molecule has 0 saturated heterocycles.